The number of hydrogen-bond acceptors (Lipinski definition) is 5. The Morgan fingerprint density at radius 2 is 1.82 bits per heavy atom. The summed E-state index contributed by atoms with van der Waals surface area (Å²) < 4.78 is 56.3. The molecule has 0 aliphatic carbocycles. The highest BCUT2D eigenvalue weighted by molar-refractivity contribution is 6.00. The van der Waals surface area contributed by atoms with E-state index in [0.717, 1.165) is 24.5 Å². The van der Waals surface area contributed by atoms with Crippen LogP contribution in [0.25, 0.3) is 22.0 Å². The molecule has 0 saturated carbocycles. The number of carbonyl (C=O) groups is 1. The predicted octanol–water partition coefficient (Wildman–Crippen LogP) is 5.17. The molecule has 4 aromatic rings. The number of alkyl halides is 3. The number of likely N-dealkylation sites (N-methyl/N-ethyl adjacent to an activating group) is 1. The molecule has 1 fully saturated rings. The van der Waals surface area contributed by atoms with Gasteiger partial charge in [0.25, 0.3) is 0 Å². The molecule has 1 aliphatic heterocycles. The van der Waals surface area contributed by atoms with Crippen molar-refractivity contribution in [2.24, 2.45) is 0 Å². The Hall–Kier alpha value is -4.03. The Balaban J connectivity index is 1.29. The van der Waals surface area contributed by atoms with Gasteiger partial charge in [-0.05, 0) is 42.4 Å². The van der Waals surface area contributed by atoms with Crippen LogP contribution in [0.4, 0.5) is 33.7 Å². The highest BCUT2D eigenvalue weighted by Gasteiger charge is 2.34. The number of H-pyrrole nitrogens is 1. The van der Waals surface area contributed by atoms with Gasteiger partial charge in [-0.15, -0.1) is 0 Å². The van der Waals surface area contributed by atoms with E-state index in [1.807, 2.05) is 11.9 Å². The van der Waals surface area contributed by atoms with Crippen LogP contribution >= 0.6 is 0 Å². The first kappa shape index (κ1) is 25.6. The van der Waals surface area contributed by atoms with E-state index in [0.29, 0.717) is 29.7 Å². The summed E-state index contributed by atoms with van der Waals surface area (Å²) in [5.74, 6) is -0.711. The summed E-state index contributed by atoms with van der Waals surface area (Å²) in [6.45, 7) is 3.08. The third-order valence-electron chi connectivity index (χ3n) is 6.56. The number of pyridine rings is 1. The highest BCUT2D eigenvalue weighted by atomic mass is 19.4. The van der Waals surface area contributed by atoms with Gasteiger partial charge in [0, 0.05) is 55.6 Å². The van der Waals surface area contributed by atoms with Crippen molar-refractivity contribution in [2.45, 2.75) is 12.7 Å². The summed E-state index contributed by atoms with van der Waals surface area (Å²) in [5.41, 5.74) is 1.02. The predicted molar refractivity (Wildman–Crippen MR) is 136 cm³/mol. The van der Waals surface area contributed by atoms with Crippen molar-refractivity contribution < 1.29 is 22.4 Å². The van der Waals surface area contributed by atoms with Crippen LogP contribution in [0, 0.1) is 5.82 Å². The quantitative estimate of drug-likeness (QED) is 0.312. The Morgan fingerprint density at radius 3 is 2.55 bits per heavy atom. The molecule has 0 bridgehead atoms. The summed E-state index contributed by atoms with van der Waals surface area (Å²) in [4.78, 5) is 20.7. The third-order valence-corrected chi connectivity index (χ3v) is 6.56. The fourth-order valence-electron chi connectivity index (χ4n) is 4.47. The zero-order chi connectivity index (χ0) is 26.9. The molecule has 12 heteroatoms. The molecule has 1 saturated heterocycles. The SMILES string of the molecule is CN1CCN(Cc2ccc(NC(=O)Nc3ccc(-c4cncc5[nH]ncc45)cc3F)cc2C(F)(F)F)CC1. The zero-order valence-corrected chi connectivity index (χ0v) is 20.4. The van der Waals surface area contributed by atoms with Gasteiger partial charge in [0.2, 0.25) is 0 Å². The van der Waals surface area contributed by atoms with Gasteiger partial charge in [-0.1, -0.05) is 12.1 Å². The topological polar surface area (TPSA) is 89.2 Å². The molecule has 3 heterocycles. The molecule has 0 unspecified atom stereocenters. The number of benzene rings is 2. The van der Waals surface area contributed by atoms with Gasteiger partial charge in [-0.2, -0.15) is 18.3 Å². The second-order valence-electron chi connectivity index (χ2n) is 9.24. The smallest absolute Gasteiger partial charge is 0.308 e. The first-order chi connectivity index (χ1) is 18.2. The van der Waals surface area contributed by atoms with Gasteiger partial charge in [0.15, 0.2) is 0 Å². The van der Waals surface area contributed by atoms with Crippen LogP contribution in [0.15, 0.2) is 55.0 Å². The number of rotatable bonds is 5. The highest BCUT2D eigenvalue weighted by Crippen LogP contribution is 2.35. The maximum Gasteiger partial charge on any atom is 0.416 e. The molecule has 2 amide bonds. The van der Waals surface area contributed by atoms with Crippen molar-refractivity contribution in [3.05, 3.63) is 71.9 Å². The maximum absolute atomic E-state index is 14.8. The first-order valence-corrected chi connectivity index (χ1v) is 11.9. The third kappa shape index (κ3) is 5.60. The van der Waals surface area contributed by atoms with Crippen LogP contribution in [0.1, 0.15) is 11.1 Å². The standard InChI is InChI=1S/C26H25F4N7O/c1-36-6-8-37(9-7-36)15-17-2-4-18(11-21(17)26(28,29)30)33-25(38)34-23-5-3-16(10-22(23)27)19-12-31-14-24-20(19)13-32-35-24/h2-5,10-14H,6-9,15H2,1H3,(H,32,35)(H2,33,34,38). The van der Waals surface area contributed by atoms with Gasteiger partial charge in [-0.3, -0.25) is 15.0 Å². The van der Waals surface area contributed by atoms with E-state index < -0.39 is 23.6 Å². The van der Waals surface area contributed by atoms with Gasteiger partial charge >= 0.3 is 12.2 Å². The van der Waals surface area contributed by atoms with E-state index in [1.54, 1.807) is 24.7 Å². The molecule has 0 radical (unpaired) electrons. The normalized spacial score (nSPS) is 15.1. The number of carbonyl (C=O) groups excluding carboxylic acids is 1. The van der Waals surface area contributed by atoms with Crippen LogP contribution < -0.4 is 10.6 Å². The number of nitrogens with one attached hydrogen (secondary N) is 3. The molecule has 1 aliphatic rings. The summed E-state index contributed by atoms with van der Waals surface area (Å²) >= 11 is 0. The Morgan fingerprint density at radius 1 is 1.03 bits per heavy atom. The number of fused-ring (bicyclic) bond motifs is 1. The van der Waals surface area contributed by atoms with Crippen LogP contribution in [-0.4, -0.2) is 64.2 Å². The second kappa shape index (κ2) is 10.4. The van der Waals surface area contributed by atoms with Crippen LogP contribution in [0.2, 0.25) is 0 Å². The first-order valence-electron chi connectivity index (χ1n) is 11.9. The minimum Gasteiger partial charge on any atom is -0.308 e. The number of hydrogen-bond donors (Lipinski definition) is 3. The second-order valence-corrected chi connectivity index (χ2v) is 9.24. The molecular formula is C26H25F4N7O. The van der Waals surface area contributed by atoms with E-state index in [-0.39, 0.29) is 23.5 Å². The zero-order valence-electron chi connectivity index (χ0n) is 20.4. The molecule has 5 rings (SSSR count). The average Bonchev–Trinajstić information content (AvgIpc) is 3.36. The fraction of sp³-hybridized carbons (Fsp3) is 0.269. The van der Waals surface area contributed by atoms with Crippen molar-refractivity contribution >= 4 is 28.3 Å². The van der Waals surface area contributed by atoms with E-state index in [4.69, 9.17) is 0 Å². The number of aromatic amines is 1. The van der Waals surface area contributed by atoms with Gasteiger partial charge in [0.1, 0.15) is 5.82 Å². The minimum atomic E-state index is -4.59. The monoisotopic (exact) mass is 527 g/mol. The van der Waals surface area contributed by atoms with E-state index >= 15 is 0 Å². The minimum absolute atomic E-state index is 0.0494. The average molecular weight is 528 g/mol. The summed E-state index contributed by atoms with van der Waals surface area (Å²) in [5, 5.41) is 12.3. The Bertz CT molecular complexity index is 1460. The van der Waals surface area contributed by atoms with Crippen molar-refractivity contribution in [1.82, 2.24) is 25.0 Å². The van der Waals surface area contributed by atoms with Crippen molar-refractivity contribution in [3.8, 4) is 11.1 Å². The lowest BCUT2D eigenvalue weighted by Gasteiger charge is -2.33. The number of aromatic nitrogens is 3. The molecule has 38 heavy (non-hydrogen) atoms. The molecule has 2 aromatic heterocycles. The lowest BCUT2D eigenvalue weighted by molar-refractivity contribution is -0.138. The summed E-state index contributed by atoms with van der Waals surface area (Å²) in [7, 11) is 1.98. The molecule has 198 valence electrons. The molecule has 2 aromatic carbocycles. The largest absolute Gasteiger partial charge is 0.416 e. The summed E-state index contributed by atoms with van der Waals surface area (Å²) in [6.07, 6.45) is 0.198. The van der Waals surface area contributed by atoms with Crippen LogP contribution in [0.5, 0.6) is 0 Å². The van der Waals surface area contributed by atoms with Gasteiger partial charge in [-0.25, -0.2) is 9.18 Å². The van der Waals surface area contributed by atoms with Gasteiger partial charge in [0.05, 0.1) is 29.2 Å². The van der Waals surface area contributed by atoms with Gasteiger partial charge < -0.3 is 15.5 Å². The van der Waals surface area contributed by atoms with Crippen molar-refractivity contribution in [1.29, 1.82) is 0 Å². The lowest BCUT2D eigenvalue weighted by Crippen LogP contribution is -2.44. The number of urea groups is 1. The number of amides is 2. The lowest BCUT2D eigenvalue weighted by atomic mass is 10.0. The summed E-state index contributed by atoms with van der Waals surface area (Å²) in [6, 6.07) is 7.06. The van der Waals surface area contributed by atoms with E-state index in [1.165, 1.54) is 24.3 Å². The maximum atomic E-state index is 14.8. The van der Waals surface area contributed by atoms with E-state index in [2.05, 4.69) is 30.7 Å². The fourth-order valence-corrected chi connectivity index (χ4v) is 4.47. The molecule has 0 atom stereocenters. The molecule has 8 nitrogen and oxygen atoms in total. The Labute approximate surface area is 215 Å². The number of piperazine rings is 1. The number of anilines is 2. The van der Waals surface area contributed by atoms with E-state index in [9.17, 15) is 22.4 Å². The van der Waals surface area contributed by atoms with Crippen LogP contribution in [-0.2, 0) is 12.7 Å². The molecule has 3 N–H and O–H groups in total. The Kier molecular flexibility index (Phi) is 7.00. The van der Waals surface area contributed by atoms with Crippen molar-refractivity contribution in [2.75, 3.05) is 43.9 Å². The van der Waals surface area contributed by atoms with Crippen LogP contribution in [0.3, 0.4) is 0 Å². The van der Waals surface area contributed by atoms with Crippen molar-refractivity contribution in [3.63, 3.8) is 0 Å². The molecular weight excluding hydrogens is 502 g/mol. The molecule has 0 spiro atoms. The number of halogens is 4. The number of nitrogens with zero attached hydrogens (tertiary/aromatic N) is 4.